The van der Waals surface area contributed by atoms with Gasteiger partial charge in [0.1, 0.15) is 11.0 Å². The second-order valence-electron chi connectivity index (χ2n) is 6.11. The molecule has 1 aliphatic rings. The Morgan fingerprint density at radius 1 is 1.20 bits per heavy atom. The van der Waals surface area contributed by atoms with Gasteiger partial charge in [0.15, 0.2) is 5.78 Å². The van der Waals surface area contributed by atoms with Crippen LogP contribution in [0.25, 0.3) is 0 Å². The van der Waals surface area contributed by atoms with Crippen molar-refractivity contribution >= 4 is 34.3 Å². The molecule has 0 spiro atoms. The molecule has 20 heavy (non-hydrogen) atoms. The summed E-state index contributed by atoms with van der Waals surface area (Å²) in [7, 11) is 0. The molecule has 0 aromatic carbocycles. The van der Waals surface area contributed by atoms with Crippen molar-refractivity contribution in [3.63, 3.8) is 0 Å². The molecule has 0 N–H and O–H groups in total. The van der Waals surface area contributed by atoms with E-state index in [4.69, 9.17) is 4.74 Å². The van der Waals surface area contributed by atoms with Gasteiger partial charge in [-0.25, -0.2) is 0 Å². The summed E-state index contributed by atoms with van der Waals surface area (Å²) >= 11 is 2.35. The molecular formula is C16H23IO3. The summed E-state index contributed by atoms with van der Waals surface area (Å²) in [6, 6.07) is 0. The number of unbranched alkanes of at least 4 members (excludes halogenated alkanes) is 2. The maximum absolute atomic E-state index is 12.5. The van der Waals surface area contributed by atoms with Crippen LogP contribution in [0, 0.1) is 5.41 Å². The lowest BCUT2D eigenvalue weighted by molar-refractivity contribution is -0.162. The highest BCUT2D eigenvalue weighted by molar-refractivity contribution is 14.1. The Kier molecular flexibility index (Phi) is 6.43. The first kappa shape index (κ1) is 17.4. The van der Waals surface area contributed by atoms with Gasteiger partial charge < -0.3 is 4.74 Å². The normalized spacial score (nSPS) is 17.3. The van der Waals surface area contributed by atoms with Crippen LogP contribution in [0.4, 0.5) is 0 Å². The Morgan fingerprint density at radius 3 is 2.30 bits per heavy atom. The molecule has 0 aliphatic heterocycles. The topological polar surface area (TPSA) is 43.4 Å². The first-order chi connectivity index (χ1) is 9.29. The van der Waals surface area contributed by atoms with Crippen molar-refractivity contribution in [3.05, 3.63) is 24.3 Å². The fourth-order valence-electron chi connectivity index (χ4n) is 2.04. The Morgan fingerprint density at radius 2 is 1.80 bits per heavy atom. The van der Waals surface area contributed by atoms with Crippen molar-refractivity contribution in [2.24, 2.45) is 5.41 Å². The van der Waals surface area contributed by atoms with Crippen LogP contribution in [0.5, 0.6) is 0 Å². The van der Waals surface area contributed by atoms with Gasteiger partial charge in [-0.05, 0) is 50.2 Å². The Bertz CT molecular complexity index is 400. The molecule has 0 saturated carbocycles. The molecule has 3 nitrogen and oxygen atoms in total. The lowest BCUT2D eigenvalue weighted by Crippen LogP contribution is -2.36. The van der Waals surface area contributed by atoms with E-state index in [1.165, 1.54) is 12.2 Å². The molecule has 1 aliphatic carbocycles. The fourth-order valence-corrected chi connectivity index (χ4v) is 2.58. The maximum Gasteiger partial charge on any atom is 0.320 e. The van der Waals surface area contributed by atoms with Crippen molar-refractivity contribution in [2.45, 2.75) is 52.1 Å². The third-order valence-electron chi connectivity index (χ3n) is 3.09. The monoisotopic (exact) mass is 390 g/mol. The number of ketones is 1. The molecular weight excluding hydrogens is 367 g/mol. The summed E-state index contributed by atoms with van der Waals surface area (Å²) < 4.78 is 6.64. The van der Waals surface area contributed by atoms with E-state index in [2.05, 4.69) is 22.6 Å². The standard InChI is InChI=1S/C16H23IO3/c1-15(2,3)20-14(19)16(9-5-4-6-12-17)10-7-13(18)8-11-16/h7-8,10-11H,4-6,9,12H2,1-3H3. The predicted octanol–water partition coefficient (Wildman–Crippen LogP) is 4.01. The van der Waals surface area contributed by atoms with E-state index >= 15 is 0 Å². The number of alkyl halides is 1. The molecule has 0 unspecified atom stereocenters. The second kappa shape index (κ2) is 7.38. The van der Waals surface area contributed by atoms with Gasteiger partial charge in [0.05, 0.1) is 0 Å². The fraction of sp³-hybridized carbons (Fsp3) is 0.625. The molecule has 1 rings (SSSR count). The molecule has 4 heteroatoms. The minimum Gasteiger partial charge on any atom is -0.459 e. The lowest BCUT2D eigenvalue weighted by Gasteiger charge is -2.31. The zero-order valence-electron chi connectivity index (χ0n) is 12.4. The summed E-state index contributed by atoms with van der Waals surface area (Å²) in [6.45, 7) is 5.57. The Balaban J connectivity index is 2.80. The van der Waals surface area contributed by atoms with Crippen LogP contribution in [0.3, 0.4) is 0 Å². The number of hydrogen-bond acceptors (Lipinski definition) is 3. The highest BCUT2D eigenvalue weighted by Gasteiger charge is 2.38. The van der Waals surface area contributed by atoms with Gasteiger partial charge in [-0.15, -0.1) is 0 Å². The highest BCUT2D eigenvalue weighted by atomic mass is 127. The minimum absolute atomic E-state index is 0.0727. The second-order valence-corrected chi connectivity index (χ2v) is 7.19. The van der Waals surface area contributed by atoms with Crippen LogP contribution in [-0.2, 0) is 14.3 Å². The van der Waals surface area contributed by atoms with Crippen LogP contribution < -0.4 is 0 Å². The molecule has 0 saturated heterocycles. The van der Waals surface area contributed by atoms with Gasteiger partial charge in [-0.2, -0.15) is 0 Å². The van der Waals surface area contributed by atoms with Crippen molar-refractivity contribution in [1.82, 2.24) is 0 Å². The van der Waals surface area contributed by atoms with E-state index < -0.39 is 11.0 Å². The summed E-state index contributed by atoms with van der Waals surface area (Å²) in [5.41, 5.74) is -1.29. The van der Waals surface area contributed by atoms with E-state index in [-0.39, 0.29) is 11.8 Å². The molecule has 0 heterocycles. The number of carbonyl (C=O) groups is 2. The van der Waals surface area contributed by atoms with Gasteiger partial charge in [0, 0.05) is 0 Å². The van der Waals surface area contributed by atoms with Gasteiger partial charge >= 0.3 is 5.97 Å². The molecule has 0 aromatic heterocycles. The van der Waals surface area contributed by atoms with Crippen LogP contribution >= 0.6 is 22.6 Å². The summed E-state index contributed by atoms with van der Waals surface area (Å²) in [5.74, 6) is -0.337. The third-order valence-corrected chi connectivity index (χ3v) is 3.86. The van der Waals surface area contributed by atoms with E-state index in [0.29, 0.717) is 6.42 Å². The van der Waals surface area contributed by atoms with Crippen molar-refractivity contribution in [2.75, 3.05) is 4.43 Å². The van der Waals surface area contributed by atoms with E-state index in [1.807, 2.05) is 20.8 Å². The summed E-state index contributed by atoms with van der Waals surface area (Å²) in [6.07, 6.45) is 10.2. The molecule has 0 atom stereocenters. The zero-order valence-corrected chi connectivity index (χ0v) is 14.6. The van der Waals surface area contributed by atoms with Gasteiger partial charge in [-0.3, -0.25) is 9.59 Å². The van der Waals surface area contributed by atoms with Crippen molar-refractivity contribution < 1.29 is 14.3 Å². The van der Waals surface area contributed by atoms with Crippen molar-refractivity contribution in [3.8, 4) is 0 Å². The number of rotatable bonds is 6. The minimum atomic E-state index is -0.771. The van der Waals surface area contributed by atoms with Gasteiger partial charge in [0.2, 0.25) is 0 Å². The third kappa shape index (κ3) is 5.38. The summed E-state index contributed by atoms with van der Waals surface area (Å²) in [4.78, 5) is 23.8. The molecule has 0 bridgehead atoms. The summed E-state index contributed by atoms with van der Waals surface area (Å²) in [5, 5.41) is 0. The average molecular weight is 390 g/mol. The number of esters is 1. The first-order valence-corrected chi connectivity index (χ1v) is 8.53. The predicted molar refractivity (Wildman–Crippen MR) is 88.9 cm³/mol. The molecule has 0 fully saturated rings. The molecule has 0 amide bonds. The van der Waals surface area contributed by atoms with Crippen LogP contribution in [0.2, 0.25) is 0 Å². The number of allylic oxidation sites excluding steroid dienone is 2. The van der Waals surface area contributed by atoms with E-state index in [9.17, 15) is 9.59 Å². The van der Waals surface area contributed by atoms with E-state index in [0.717, 1.165) is 23.7 Å². The van der Waals surface area contributed by atoms with Crippen LogP contribution in [0.15, 0.2) is 24.3 Å². The van der Waals surface area contributed by atoms with Crippen LogP contribution in [0.1, 0.15) is 46.5 Å². The van der Waals surface area contributed by atoms with E-state index in [1.54, 1.807) is 12.2 Å². The van der Waals surface area contributed by atoms with Crippen LogP contribution in [-0.4, -0.2) is 21.8 Å². The SMILES string of the molecule is CC(C)(C)OC(=O)C1(CCCCCI)C=CC(=O)C=C1. The highest BCUT2D eigenvalue weighted by Crippen LogP contribution is 2.34. The number of carbonyl (C=O) groups excluding carboxylic acids is 2. The Labute approximate surface area is 135 Å². The first-order valence-electron chi connectivity index (χ1n) is 7.01. The smallest absolute Gasteiger partial charge is 0.320 e. The lowest BCUT2D eigenvalue weighted by atomic mass is 9.79. The maximum atomic E-state index is 12.5. The molecule has 0 aromatic rings. The van der Waals surface area contributed by atoms with Gasteiger partial charge in [-0.1, -0.05) is 47.6 Å². The number of halogens is 1. The zero-order chi connectivity index (χ0) is 15.2. The molecule has 0 radical (unpaired) electrons. The van der Waals surface area contributed by atoms with Gasteiger partial charge in [0.25, 0.3) is 0 Å². The quantitative estimate of drug-likeness (QED) is 0.298. The molecule has 112 valence electrons. The number of hydrogen-bond donors (Lipinski definition) is 0. The Hall–Kier alpha value is -0.650. The average Bonchev–Trinajstić information content (AvgIpc) is 2.35. The number of ether oxygens (including phenoxy) is 1. The largest absolute Gasteiger partial charge is 0.459 e. The van der Waals surface area contributed by atoms with Crippen molar-refractivity contribution in [1.29, 1.82) is 0 Å².